The fourth-order valence-electron chi connectivity index (χ4n) is 1.57. The number of nitrogens with two attached hydrogens (primary N) is 1. The van der Waals surface area contributed by atoms with Gasteiger partial charge in [-0.2, -0.15) is 0 Å². The van der Waals surface area contributed by atoms with Gasteiger partial charge in [0.25, 0.3) is 5.91 Å². The SMILES string of the molecule is Cc1ccc(C(C)C)c(OCC(=O)OCC(N)=O)c1. The van der Waals surface area contributed by atoms with Crippen LogP contribution in [0.25, 0.3) is 0 Å². The lowest BCUT2D eigenvalue weighted by atomic mass is 10.0. The standard InChI is InChI=1S/C14H19NO4/c1-9(2)11-5-4-10(3)6-12(11)18-8-14(17)19-7-13(15)16/h4-6,9H,7-8H2,1-3H3,(H2,15,16). The molecule has 0 aliphatic carbocycles. The third kappa shape index (κ3) is 4.99. The summed E-state index contributed by atoms with van der Waals surface area (Å²) in [6.45, 7) is 5.37. The molecular formula is C14H19NO4. The largest absolute Gasteiger partial charge is 0.482 e. The molecule has 0 unspecified atom stereocenters. The number of carbonyl (C=O) groups excluding carboxylic acids is 2. The molecule has 0 atom stereocenters. The summed E-state index contributed by atoms with van der Waals surface area (Å²) in [7, 11) is 0. The van der Waals surface area contributed by atoms with Gasteiger partial charge in [-0.3, -0.25) is 4.79 Å². The maximum atomic E-state index is 11.3. The predicted molar refractivity (Wildman–Crippen MR) is 70.9 cm³/mol. The Balaban J connectivity index is 2.64. The maximum absolute atomic E-state index is 11.3. The van der Waals surface area contributed by atoms with E-state index >= 15 is 0 Å². The Kier molecular flexibility index (Phi) is 5.36. The number of primary amides is 1. The fourth-order valence-corrected chi connectivity index (χ4v) is 1.57. The Morgan fingerprint density at radius 1 is 1.26 bits per heavy atom. The van der Waals surface area contributed by atoms with Gasteiger partial charge in [-0.05, 0) is 30.0 Å². The highest BCUT2D eigenvalue weighted by atomic mass is 16.6. The second-order valence-electron chi connectivity index (χ2n) is 4.61. The number of aryl methyl sites for hydroxylation is 1. The van der Waals surface area contributed by atoms with Crippen molar-refractivity contribution in [2.75, 3.05) is 13.2 Å². The minimum Gasteiger partial charge on any atom is -0.482 e. The summed E-state index contributed by atoms with van der Waals surface area (Å²) in [5.74, 6) is -0.356. The van der Waals surface area contributed by atoms with Crippen molar-refractivity contribution in [3.8, 4) is 5.75 Å². The first-order valence-electron chi connectivity index (χ1n) is 6.07. The molecule has 0 fully saturated rings. The molecule has 1 aromatic carbocycles. The molecule has 0 radical (unpaired) electrons. The van der Waals surface area contributed by atoms with Crippen molar-refractivity contribution in [2.24, 2.45) is 5.73 Å². The van der Waals surface area contributed by atoms with Crippen molar-refractivity contribution in [1.82, 2.24) is 0 Å². The Bertz CT molecular complexity index is 469. The summed E-state index contributed by atoms with van der Waals surface area (Å²) < 4.78 is 10.1. The molecule has 0 saturated heterocycles. The van der Waals surface area contributed by atoms with Crippen LogP contribution in [0.1, 0.15) is 30.9 Å². The minimum absolute atomic E-state index is 0.240. The highest BCUT2D eigenvalue weighted by Gasteiger charge is 2.11. The number of benzene rings is 1. The first-order valence-corrected chi connectivity index (χ1v) is 6.07. The van der Waals surface area contributed by atoms with E-state index in [0.717, 1.165) is 11.1 Å². The summed E-state index contributed by atoms with van der Waals surface area (Å²) in [5.41, 5.74) is 6.94. The van der Waals surface area contributed by atoms with Gasteiger partial charge in [-0.15, -0.1) is 0 Å². The van der Waals surface area contributed by atoms with Crippen LogP contribution >= 0.6 is 0 Å². The molecule has 0 saturated carbocycles. The van der Waals surface area contributed by atoms with E-state index in [2.05, 4.69) is 4.74 Å². The van der Waals surface area contributed by atoms with Crippen molar-refractivity contribution in [2.45, 2.75) is 26.7 Å². The third-order valence-corrected chi connectivity index (χ3v) is 2.51. The van der Waals surface area contributed by atoms with Crippen LogP contribution in [0.4, 0.5) is 0 Å². The van der Waals surface area contributed by atoms with Crippen LogP contribution in [-0.2, 0) is 14.3 Å². The zero-order valence-corrected chi connectivity index (χ0v) is 11.4. The Morgan fingerprint density at radius 3 is 2.53 bits per heavy atom. The lowest BCUT2D eigenvalue weighted by molar-refractivity contribution is -0.149. The molecule has 1 rings (SSSR count). The number of esters is 1. The molecule has 1 amide bonds. The molecule has 2 N–H and O–H groups in total. The van der Waals surface area contributed by atoms with Crippen molar-refractivity contribution >= 4 is 11.9 Å². The molecule has 0 aliphatic rings. The van der Waals surface area contributed by atoms with E-state index in [-0.39, 0.29) is 12.5 Å². The smallest absolute Gasteiger partial charge is 0.344 e. The summed E-state index contributed by atoms with van der Waals surface area (Å²) in [6.07, 6.45) is 0. The molecule has 5 heteroatoms. The van der Waals surface area contributed by atoms with Crippen LogP contribution in [0.15, 0.2) is 18.2 Å². The van der Waals surface area contributed by atoms with E-state index in [4.69, 9.17) is 10.5 Å². The van der Waals surface area contributed by atoms with E-state index in [0.29, 0.717) is 5.75 Å². The first-order chi connectivity index (χ1) is 8.90. The van der Waals surface area contributed by atoms with Crippen molar-refractivity contribution in [1.29, 1.82) is 0 Å². The number of carbonyl (C=O) groups is 2. The molecule has 19 heavy (non-hydrogen) atoms. The first kappa shape index (κ1) is 15.0. The summed E-state index contributed by atoms with van der Waals surface area (Å²) in [5, 5.41) is 0. The van der Waals surface area contributed by atoms with E-state index in [1.807, 2.05) is 39.0 Å². The van der Waals surface area contributed by atoms with Gasteiger partial charge in [0, 0.05) is 0 Å². The van der Waals surface area contributed by atoms with Gasteiger partial charge >= 0.3 is 5.97 Å². The lowest BCUT2D eigenvalue weighted by Gasteiger charge is -2.14. The van der Waals surface area contributed by atoms with Crippen molar-refractivity contribution in [3.63, 3.8) is 0 Å². The third-order valence-electron chi connectivity index (χ3n) is 2.51. The molecule has 0 heterocycles. The number of hydrogen-bond donors (Lipinski definition) is 1. The van der Waals surface area contributed by atoms with Crippen LogP contribution in [-0.4, -0.2) is 25.1 Å². The highest BCUT2D eigenvalue weighted by Crippen LogP contribution is 2.27. The molecule has 0 spiro atoms. The van der Waals surface area contributed by atoms with Crippen LogP contribution in [0.5, 0.6) is 5.75 Å². The van der Waals surface area contributed by atoms with Crippen LogP contribution < -0.4 is 10.5 Å². The Labute approximate surface area is 112 Å². The monoisotopic (exact) mass is 265 g/mol. The maximum Gasteiger partial charge on any atom is 0.344 e. The van der Waals surface area contributed by atoms with Crippen LogP contribution in [0.2, 0.25) is 0 Å². The number of amides is 1. The second-order valence-corrected chi connectivity index (χ2v) is 4.61. The molecular weight excluding hydrogens is 246 g/mol. The number of hydrogen-bond acceptors (Lipinski definition) is 4. The van der Waals surface area contributed by atoms with E-state index in [9.17, 15) is 9.59 Å². The van der Waals surface area contributed by atoms with Crippen LogP contribution in [0, 0.1) is 6.92 Å². The molecule has 104 valence electrons. The highest BCUT2D eigenvalue weighted by molar-refractivity contribution is 5.79. The van der Waals surface area contributed by atoms with Crippen LogP contribution in [0.3, 0.4) is 0 Å². The number of ether oxygens (including phenoxy) is 2. The predicted octanol–water partition coefficient (Wildman–Crippen LogP) is 1.53. The molecule has 1 aromatic rings. The van der Waals surface area contributed by atoms with Crippen molar-refractivity contribution < 1.29 is 19.1 Å². The zero-order valence-electron chi connectivity index (χ0n) is 11.4. The number of rotatable bonds is 6. The van der Waals surface area contributed by atoms with Gasteiger partial charge in [0.15, 0.2) is 13.2 Å². The Hall–Kier alpha value is -2.04. The second kappa shape index (κ2) is 6.78. The average molecular weight is 265 g/mol. The topological polar surface area (TPSA) is 78.6 Å². The zero-order chi connectivity index (χ0) is 14.4. The summed E-state index contributed by atoms with van der Waals surface area (Å²) in [6, 6.07) is 5.84. The van der Waals surface area contributed by atoms with E-state index < -0.39 is 18.5 Å². The summed E-state index contributed by atoms with van der Waals surface area (Å²) in [4.78, 5) is 21.8. The normalized spacial score (nSPS) is 10.3. The fraction of sp³-hybridized carbons (Fsp3) is 0.429. The van der Waals surface area contributed by atoms with Crippen molar-refractivity contribution in [3.05, 3.63) is 29.3 Å². The van der Waals surface area contributed by atoms with Gasteiger partial charge in [0.05, 0.1) is 0 Å². The van der Waals surface area contributed by atoms with Gasteiger partial charge in [-0.1, -0.05) is 26.0 Å². The van der Waals surface area contributed by atoms with E-state index in [1.54, 1.807) is 0 Å². The van der Waals surface area contributed by atoms with Gasteiger partial charge in [0.1, 0.15) is 5.75 Å². The van der Waals surface area contributed by atoms with Gasteiger partial charge in [-0.25, -0.2) is 4.79 Å². The Morgan fingerprint density at radius 2 is 1.95 bits per heavy atom. The van der Waals surface area contributed by atoms with Gasteiger partial charge < -0.3 is 15.2 Å². The van der Waals surface area contributed by atoms with E-state index in [1.165, 1.54) is 0 Å². The molecule has 0 aliphatic heterocycles. The molecule has 5 nitrogen and oxygen atoms in total. The molecule has 0 aromatic heterocycles. The van der Waals surface area contributed by atoms with Gasteiger partial charge in [0.2, 0.25) is 0 Å². The molecule has 0 bridgehead atoms. The summed E-state index contributed by atoms with van der Waals surface area (Å²) >= 11 is 0. The average Bonchev–Trinajstić information content (AvgIpc) is 2.33. The minimum atomic E-state index is -0.688. The quantitative estimate of drug-likeness (QED) is 0.791. The lowest BCUT2D eigenvalue weighted by Crippen LogP contribution is -2.24.